The van der Waals surface area contributed by atoms with Crippen molar-refractivity contribution in [3.8, 4) is 0 Å². The molecular formula is C16H24O2Se. The van der Waals surface area contributed by atoms with Crippen LogP contribution in [0.2, 0.25) is 4.82 Å². The molecule has 0 spiro atoms. The van der Waals surface area contributed by atoms with E-state index in [0.29, 0.717) is 26.4 Å². The Hall–Kier alpha value is -0.791. The van der Waals surface area contributed by atoms with Crippen LogP contribution < -0.4 is 4.46 Å². The summed E-state index contributed by atoms with van der Waals surface area (Å²) in [6, 6.07) is 10.6. The molecule has 1 aromatic carbocycles. The van der Waals surface area contributed by atoms with Gasteiger partial charge < -0.3 is 0 Å². The number of esters is 1. The number of benzene rings is 1. The van der Waals surface area contributed by atoms with Crippen LogP contribution in [0.15, 0.2) is 30.3 Å². The van der Waals surface area contributed by atoms with Crippen molar-refractivity contribution in [2.75, 3.05) is 6.61 Å². The van der Waals surface area contributed by atoms with Crippen molar-refractivity contribution < 1.29 is 9.53 Å². The van der Waals surface area contributed by atoms with Gasteiger partial charge in [-0.15, -0.1) is 0 Å². The van der Waals surface area contributed by atoms with Crippen molar-refractivity contribution in [3.63, 3.8) is 0 Å². The number of ether oxygens (including phenoxy) is 1. The first kappa shape index (κ1) is 16.3. The summed E-state index contributed by atoms with van der Waals surface area (Å²) in [5, 5.41) is 0. The molecule has 0 amide bonds. The standard InChI is InChI=1S/C16H24O2Se/c1-3-4-5-7-12-16(13-18-14(2)17)19-15-10-8-6-9-11-15/h6,8-11,16H,3-5,7,12-13H2,1-2H3. The molecule has 19 heavy (non-hydrogen) atoms. The molecule has 0 N–H and O–H groups in total. The first-order chi connectivity index (χ1) is 9.22. The average Bonchev–Trinajstić information content (AvgIpc) is 2.41. The summed E-state index contributed by atoms with van der Waals surface area (Å²) in [5.41, 5.74) is 0. The predicted molar refractivity (Wildman–Crippen MR) is 81.0 cm³/mol. The Morgan fingerprint density at radius 2 is 1.95 bits per heavy atom. The Labute approximate surface area is 123 Å². The number of hydrogen-bond donors (Lipinski definition) is 0. The molecule has 2 nitrogen and oxygen atoms in total. The van der Waals surface area contributed by atoms with Gasteiger partial charge in [0.05, 0.1) is 0 Å². The van der Waals surface area contributed by atoms with E-state index in [2.05, 4.69) is 31.2 Å². The zero-order chi connectivity index (χ0) is 13.9. The molecule has 3 heteroatoms. The fraction of sp³-hybridized carbons (Fsp3) is 0.562. The van der Waals surface area contributed by atoms with Crippen molar-refractivity contribution in [1.29, 1.82) is 0 Å². The van der Waals surface area contributed by atoms with Gasteiger partial charge in [0.2, 0.25) is 0 Å². The predicted octanol–water partition coefficient (Wildman–Crippen LogP) is 3.34. The third kappa shape index (κ3) is 8.07. The van der Waals surface area contributed by atoms with E-state index in [1.807, 2.05) is 6.07 Å². The molecule has 0 radical (unpaired) electrons. The van der Waals surface area contributed by atoms with Gasteiger partial charge in [-0.2, -0.15) is 0 Å². The minimum atomic E-state index is -0.164. The van der Waals surface area contributed by atoms with Crippen LogP contribution in [0.25, 0.3) is 0 Å². The molecule has 0 aliphatic carbocycles. The molecule has 106 valence electrons. The van der Waals surface area contributed by atoms with Crippen LogP contribution in [0.1, 0.15) is 46.0 Å². The summed E-state index contributed by atoms with van der Waals surface area (Å²) in [7, 11) is 0. The van der Waals surface area contributed by atoms with E-state index >= 15 is 0 Å². The Bertz CT molecular complexity index is 351. The quantitative estimate of drug-likeness (QED) is 0.395. The maximum absolute atomic E-state index is 11.0. The summed E-state index contributed by atoms with van der Waals surface area (Å²) in [6.07, 6.45) is 6.27. The molecule has 0 heterocycles. The molecule has 1 unspecified atom stereocenters. The van der Waals surface area contributed by atoms with Crippen LogP contribution in [0, 0.1) is 0 Å². The summed E-state index contributed by atoms with van der Waals surface area (Å²) in [5.74, 6) is -0.164. The van der Waals surface area contributed by atoms with Gasteiger partial charge in [-0.3, -0.25) is 0 Å². The second-order valence-electron chi connectivity index (χ2n) is 4.70. The molecule has 0 aromatic heterocycles. The first-order valence-corrected chi connectivity index (χ1v) is 8.92. The summed E-state index contributed by atoms with van der Waals surface area (Å²) >= 11 is 0.392. The second-order valence-corrected chi connectivity index (χ2v) is 7.59. The maximum atomic E-state index is 11.0. The fourth-order valence-electron chi connectivity index (χ4n) is 1.88. The van der Waals surface area contributed by atoms with Crippen molar-refractivity contribution in [2.24, 2.45) is 0 Å². The molecule has 0 aliphatic rings. The van der Waals surface area contributed by atoms with Crippen molar-refractivity contribution >= 4 is 25.4 Å². The van der Waals surface area contributed by atoms with Gasteiger partial charge in [0.1, 0.15) is 0 Å². The first-order valence-electron chi connectivity index (χ1n) is 7.07. The third-order valence-electron chi connectivity index (χ3n) is 2.90. The van der Waals surface area contributed by atoms with Crippen molar-refractivity contribution in [1.82, 2.24) is 0 Å². The Kier molecular flexibility index (Phi) is 8.60. The zero-order valence-corrected chi connectivity index (χ0v) is 13.6. The Morgan fingerprint density at radius 1 is 1.21 bits per heavy atom. The minimum absolute atomic E-state index is 0.164. The van der Waals surface area contributed by atoms with E-state index in [-0.39, 0.29) is 5.97 Å². The average molecular weight is 327 g/mol. The third-order valence-corrected chi connectivity index (χ3v) is 5.52. The normalized spacial score (nSPS) is 12.1. The summed E-state index contributed by atoms with van der Waals surface area (Å²) in [4.78, 5) is 11.5. The van der Waals surface area contributed by atoms with Gasteiger partial charge in [-0.05, 0) is 0 Å². The van der Waals surface area contributed by atoms with E-state index in [1.165, 1.54) is 43.5 Å². The van der Waals surface area contributed by atoms with E-state index < -0.39 is 0 Å². The number of rotatable bonds is 9. The van der Waals surface area contributed by atoms with Crippen molar-refractivity contribution in [3.05, 3.63) is 30.3 Å². The number of carbonyl (C=O) groups is 1. The SMILES string of the molecule is CCCCCCC(COC(C)=O)[Se]c1ccccc1. The summed E-state index contributed by atoms with van der Waals surface area (Å²) in [6.45, 7) is 4.30. The van der Waals surface area contributed by atoms with Gasteiger partial charge >= 0.3 is 123 Å². The van der Waals surface area contributed by atoms with Gasteiger partial charge in [0.25, 0.3) is 0 Å². The fourth-order valence-corrected chi connectivity index (χ4v) is 4.23. The van der Waals surface area contributed by atoms with Crippen molar-refractivity contribution in [2.45, 2.75) is 50.8 Å². The monoisotopic (exact) mass is 328 g/mol. The van der Waals surface area contributed by atoms with E-state index in [1.54, 1.807) is 0 Å². The van der Waals surface area contributed by atoms with Gasteiger partial charge in [0.15, 0.2) is 0 Å². The molecule has 1 aromatic rings. The number of hydrogen-bond acceptors (Lipinski definition) is 2. The van der Waals surface area contributed by atoms with Gasteiger partial charge in [-0.1, -0.05) is 0 Å². The number of carbonyl (C=O) groups excluding carboxylic acids is 1. The number of unbranched alkanes of at least 4 members (excludes halogenated alkanes) is 3. The Morgan fingerprint density at radius 3 is 2.58 bits per heavy atom. The molecule has 0 saturated heterocycles. The second kappa shape index (κ2) is 10.1. The Balaban J connectivity index is 2.41. The zero-order valence-electron chi connectivity index (χ0n) is 11.9. The van der Waals surface area contributed by atoms with Crippen LogP contribution >= 0.6 is 0 Å². The van der Waals surface area contributed by atoms with Crippen LogP contribution in [0.3, 0.4) is 0 Å². The van der Waals surface area contributed by atoms with Crippen LogP contribution in [0.4, 0.5) is 0 Å². The van der Waals surface area contributed by atoms with Gasteiger partial charge in [-0.25, -0.2) is 0 Å². The molecule has 1 atom stereocenters. The molecular weight excluding hydrogens is 303 g/mol. The van der Waals surface area contributed by atoms with E-state index in [4.69, 9.17) is 4.74 Å². The molecule has 0 aliphatic heterocycles. The van der Waals surface area contributed by atoms with Crippen LogP contribution in [-0.2, 0) is 9.53 Å². The van der Waals surface area contributed by atoms with Crippen LogP contribution in [-0.4, -0.2) is 27.5 Å². The molecule has 0 bridgehead atoms. The van der Waals surface area contributed by atoms with Gasteiger partial charge in [0, 0.05) is 0 Å². The molecule has 0 fully saturated rings. The van der Waals surface area contributed by atoms with Crippen LogP contribution in [0.5, 0.6) is 0 Å². The summed E-state index contributed by atoms with van der Waals surface area (Å²) < 4.78 is 6.60. The van der Waals surface area contributed by atoms with E-state index in [0.717, 1.165) is 0 Å². The van der Waals surface area contributed by atoms with E-state index in [9.17, 15) is 4.79 Å². The topological polar surface area (TPSA) is 26.3 Å². The molecule has 1 rings (SSSR count). The molecule has 0 saturated carbocycles.